The summed E-state index contributed by atoms with van der Waals surface area (Å²) >= 11 is 0. The Morgan fingerprint density at radius 1 is 1.10 bits per heavy atom. The van der Waals surface area contributed by atoms with Gasteiger partial charge < -0.3 is 19.1 Å². The molecular weight excluding hydrogens is 396 g/mol. The number of methoxy groups -OCH3 is 2. The molecule has 0 spiro atoms. The van der Waals surface area contributed by atoms with Gasteiger partial charge in [-0.2, -0.15) is 5.26 Å². The van der Waals surface area contributed by atoms with E-state index in [1.165, 1.54) is 33.5 Å². The van der Waals surface area contributed by atoms with Gasteiger partial charge in [0.1, 0.15) is 17.1 Å². The lowest BCUT2D eigenvalue weighted by Crippen LogP contribution is -2.62. The smallest absolute Gasteiger partial charge is 0.342 e. The SMILES string of the molecule is COc1ccc(C(=O)OCC(=O)N(CCC#N)C23CC4CC(CC(C4)C2)C3)c(OC)c1. The summed E-state index contributed by atoms with van der Waals surface area (Å²) in [6.07, 6.45) is 7.13. The highest BCUT2D eigenvalue weighted by Crippen LogP contribution is 2.57. The molecular formula is C24H30N2O5. The van der Waals surface area contributed by atoms with Gasteiger partial charge in [0.25, 0.3) is 5.91 Å². The van der Waals surface area contributed by atoms with Crippen LogP contribution in [0.3, 0.4) is 0 Å². The number of esters is 1. The van der Waals surface area contributed by atoms with Gasteiger partial charge in [-0.1, -0.05) is 0 Å². The van der Waals surface area contributed by atoms with Crippen molar-refractivity contribution in [1.82, 2.24) is 4.90 Å². The quantitative estimate of drug-likeness (QED) is 0.591. The van der Waals surface area contributed by atoms with Gasteiger partial charge >= 0.3 is 5.97 Å². The second-order valence-corrected chi connectivity index (χ2v) is 9.24. The van der Waals surface area contributed by atoms with Crippen LogP contribution in [-0.2, 0) is 9.53 Å². The number of rotatable bonds is 8. The molecule has 0 saturated heterocycles. The average molecular weight is 427 g/mol. The number of hydrogen-bond donors (Lipinski definition) is 0. The van der Waals surface area contributed by atoms with Gasteiger partial charge in [0, 0.05) is 18.2 Å². The molecule has 1 aromatic rings. The molecule has 0 N–H and O–H groups in total. The summed E-state index contributed by atoms with van der Waals surface area (Å²) in [4.78, 5) is 27.8. The Bertz CT molecular complexity index is 855. The minimum Gasteiger partial charge on any atom is -0.497 e. The van der Waals surface area contributed by atoms with Crippen molar-refractivity contribution in [2.24, 2.45) is 17.8 Å². The molecule has 4 bridgehead atoms. The zero-order valence-electron chi connectivity index (χ0n) is 18.3. The highest BCUT2D eigenvalue weighted by Gasteiger charge is 2.54. The van der Waals surface area contributed by atoms with Gasteiger partial charge in [-0.25, -0.2) is 4.79 Å². The Morgan fingerprint density at radius 2 is 1.74 bits per heavy atom. The fourth-order valence-corrected chi connectivity index (χ4v) is 6.43. The Labute approximate surface area is 183 Å². The highest BCUT2D eigenvalue weighted by atomic mass is 16.5. The Balaban J connectivity index is 1.46. The first-order valence-corrected chi connectivity index (χ1v) is 11.0. The van der Waals surface area contributed by atoms with Crippen molar-refractivity contribution in [3.63, 3.8) is 0 Å². The molecule has 4 aliphatic carbocycles. The average Bonchev–Trinajstić information content (AvgIpc) is 2.76. The number of hydrogen-bond acceptors (Lipinski definition) is 6. The molecule has 166 valence electrons. The van der Waals surface area contributed by atoms with E-state index in [9.17, 15) is 9.59 Å². The number of carbonyl (C=O) groups is 2. The molecule has 1 aromatic carbocycles. The molecule has 0 radical (unpaired) electrons. The molecule has 7 nitrogen and oxygen atoms in total. The predicted octanol–water partition coefficient (Wildman–Crippen LogP) is 3.57. The van der Waals surface area contributed by atoms with Crippen LogP contribution in [0.1, 0.15) is 55.3 Å². The standard InChI is InChI=1S/C24H30N2O5/c1-29-19-4-5-20(21(11-19)30-2)23(28)31-15-22(27)26(7-3-6-25)24-12-16-8-17(13-24)10-18(9-16)14-24/h4-5,11,16-18H,3,7-10,12-15H2,1-2H3. The van der Waals surface area contributed by atoms with Crippen LogP contribution in [-0.4, -0.2) is 49.7 Å². The molecule has 4 aliphatic rings. The van der Waals surface area contributed by atoms with E-state index in [0.29, 0.717) is 35.8 Å². The molecule has 4 saturated carbocycles. The van der Waals surface area contributed by atoms with Crippen LogP contribution in [0.5, 0.6) is 11.5 Å². The summed E-state index contributed by atoms with van der Waals surface area (Å²) in [7, 11) is 3.00. The lowest BCUT2D eigenvalue weighted by Gasteiger charge is -2.60. The van der Waals surface area contributed by atoms with Crippen molar-refractivity contribution in [2.45, 2.75) is 50.5 Å². The topological polar surface area (TPSA) is 88.9 Å². The highest BCUT2D eigenvalue weighted by molar-refractivity contribution is 5.94. The van der Waals surface area contributed by atoms with Crippen LogP contribution in [0, 0.1) is 29.1 Å². The van der Waals surface area contributed by atoms with Gasteiger partial charge in [0.05, 0.1) is 26.7 Å². The molecule has 7 heteroatoms. The van der Waals surface area contributed by atoms with E-state index >= 15 is 0 Å². The van der Waals surface area contributed by atoms with Crippen molar-refractivity contribution >= 4 is 11.9 Å². The molecule has 0 heterocycles. The van der Waals surface area contributed by atoms with Gasteiger partial charge in [-0.3, -0.25) is 4.79 Å². The van der Waals surface area contributed by atoms with Crippen molar-refractivity contribution in [2.75, 3.05) is 27.4 Å². The molecule has 1 amide bonds. The molecule has 0 atom stereocenters. The molecule has 0 aliphatic heterocycles. The van der Waals surface area contributed by atoms with Gasteiger partial charge in [0.2, 0.25) is 0 Å². The zero-order valence-corrected chi connectivity index (χ0v) is 18.3. The Hall–Kier alpha value is -2.75. The van der Waals surface area contributed by atoms with E-state index in [1.54, 1.807) is 18.2 Å². The van der Waals surface area contributed by atoms with Crippen LogP contribution in [0.2, 0.25) is 0 Å². The maximum absolute atomic E-state index is 13.2. The van der Waals surface area contributed by atoms with Crippen molar-refractivity contribution in [1.29, 1.82) is 5.26 Å². The van der Waals surface area contributed by atoms with Gasteiger partial charge in [-0.15, -0.1) is 0 Å². The van der Waals surface area contributed by atoms with E-state index in [-0.39, 0.29) is 30.0 Å². The maximum Gasteiger partial charge on any atom is 0.342 e. The predicted molar refractivity (Wildman–Crippen MR) is 113 cm³/mol. The monoisotopic (exact) mass is 426 g/mol. The van der Waals surface area contributed by atoms with E-state index in [2.05, 4.69) is 6.07 Å². The summed E-state index contributed by atoms with van der Waals surface area (Å²) in [5.41, 5.74) is 0.0712. The van der Waals surface area contributed by atoms with Crippen LogP contribution in [0.15, 0.2) is 18.2 Å². The minimum atomic E-state index is -0.612. The van der Waals surface area contributed by atoms with Crippen LogP contribution >= 0.6 is 0 Å². The number of carbonyl (C=O) groups excluding carboxylic acids is 2. The second-order valence-electron chi connectivity index (χ2n) is 9.24. The van der Waals surface area contributed by atoms with E-state index in [4.69, 9.17) is 19.5 Å². The fraction of sp³-hybridized carbons (Fsp3) is 0.625. The van der Waals surface area contributed by atoms with Crippen LogP contribution in [0.25, 0.3) is 0 Å². The Kier molecular flexibility index (Phi) is 6.08. The first-order valence-electron chi connectivity index (χ1n) is 11.0. The number of amides is 1. The zero-order chi connectivity index (χ0) is 22.0. The number of nitriles is 1. The Morgan fingerprint density at radius 3 is 2.29 bits per heavy atom. The lowest BCUT2D eigenvalue weighted by atomic mass is 9.52. The number of ether oxygens (including phenoxy) is 3. The minimum absolute atomic E-state index is 0.174. The van der Waals surface area contributed by atoms with Gasteiger partial charge in [0.15, 0.2) is 6.61 Å². The summed E-state index contributed by atoms with van der Waals surface area (Å²) in [5, 5.41) is 9.15. The molecule has 4 fully saturated rings. The summed E-state index contributed by atoms with van der Waals surface area (Å²) in [6.45, 7) is 0.0616. The first kappa shape index (κ1) is 21.5. The summed E-state index contributed by atoms with van der Waals surface area (Å²) < 4.78 is 15.8. The second kappa shape index (κ2) is 8.78. The third-order valence-corrected chi connectivity index (χ3v) is 7.28. The largest absolute Gasteiger partial charge is 0.497 e. The van der Waals surface area contributed by atoms with Crippen LogP contribution in [0.4, 0.5) is 0 Å². The normalized spacial score (nSPS) is 28.0. The number of benzene rings is 1. The van der Waals surface area contributed by atoms with Gasteiger partial charge in [-0.05, 0) is 68.4 Å². The van der Waals surface area contributed by atoms with E-state index < -0.39 is 5.97 Å². The summed E-state index contributed by atoms with van der Waals surface area (Å²) in [5.74, 6) is 2.10. The summed E-state index contributed by atoms with van der Waals surface area (Å²) in [6, 6.07) is 6.99. The third kappa shape index (κ3) is 4.21. The first-order chi connectivity index (χ1) is 15.0. The molecule has 5 rings (SSSR count). The van der Waals surface area contributed by atoms with Crippen molar-refractivity contribution in [3.05, 3.63) is 23.8 Å². The lowest BCUT2D eigenvalue weighted by molar-refractivity contribution is -0.153. The molecule has 0 unspecified atom stereocenters. The molecule has 0 aromatic heterocycles. The van der Waals surface area contributed by atoms with Crippen molar-refractivity contribution in [3.8, 4) is 17.6 Å². The van der Waals surface area contributed by atoms with E-state index in [1.807, 2.05) is 4.90 Å². The number of nitrogens with zero attached hydrogens (tertiary/aromatic N) is 2. The maximum atomic E-state index is 13.2. The fourth-order valence-electron chi connectivity index (χ4n) is 6.43. The third-order valence-electron chi connectivity index (χ3n) is 7.28. The van der Waals surface area contributed by atoms with Crippen LogP contribution < -0.4 is 9.47 Å². The van der Waals surface area contributed by atoms with Crippen molar-refractivity contribution < 1.29 is 23.8 Å². The van der Waals surface area contributed by atoms with E-state index in [0.717, 1.165) is 19.3 Å². The molecule has 31 heavy (non-hydrogen) atoms.